The normalized spacial score (nSPS) is 22.7. The number of piperidine rings is 1. The molecule has 3 rings (SSSR count). The summed E-state index contributed by atoms with van der Waals surface area (Å²) in [4.78, 5) is 6.73. The van der Waals surface area contributed by atoms with Gasteiger partial charge in [0.05, 0.1) is 16.9 Å². The average Bonchev–Trinajstić information content (AvgIpc) is 2.41. The van der Waals surface area contributed by atoms with Crippen LogP contribution < -0.4 is 10.6 Å². The Hall–Kier alpha value is -0.960. The van der Waals surface area contributed by atoms with Gasteiger partial charge in [0.2, 0.25) is 0 Å². The van der Waals surface area contributed by atoms with Gasteiger partial charge in [0.25, 0.3) is 0 Å². The molecule has 1 aromatic rings. The van der Waals surface area contributed by atoms with Gasteiger partial charge in [-0.15, -0.1) is 0 Å². The highest BCUT2D eigenvalue weighted by Gasteiger charge is 2.36. The highest BCUT2D eigenvalue weighted by molar-refractivity contribution is 6.33. The van der Waals surface area contributed by atoms with Crippen molar-refractivity contribution < 1.29 is 0 Å². The molecular weight excluding hydrogens is 258 g/mol. The molecule has 2 aliphatic rings. The molecule has 0 bridgehead atoms. The number of nitrogen functional groups attached to an aromatic ring is 1. The van der Waals surface area contributed by atoms with E-state index < -0.39 is 0 Å². The lowest BCUT2D eigenvalue weighted by Gasteiger charge is -2.44. The summed E-state index contributed by atoms with van der Waals surface area (Å²) in [6.07, 6.45) is 11.4. The molecule has 1 saturated carbocycles. The Morgan fingerprint density at radius 2 is 1.79 bits per heavy atom. The van der Waals surface area contributed by atoms with Gasteiger partial charge in [-0.05, 0) is 37.2 Å². The summed E-state index contributed by atoms with van der Waals surface area (Å²) in [6.45, 7) is 2.16. The molecule has 0 unspecified atom stereocenters. The van der Waals surface area contributed by atoms with E-state index in [9.17, 15) is 0 Å². The van der Waals surface area contributed by atoms with Crippen molar-refractivity contribution in [3.63, 3.8) is 0 Å². The third-order valence-electron chi connectivity index (χ3n) is 4.88. The van der Waals surface area contributed by atoms with Crippen LogP contribution >= 0.6 is 11.6 Å². The zero-order valence-corrected chi connectivity index (χ0v) is 12.1. The van der Waals surface area contributed by atoms with Crippen molar-refractivity contribution in [2.45, 2.75) is 44.9 Å². The molecule has 1 saturated heterocycles. The van der Waals surface area contributed by atoms with E-state index in [0.717, 1.165) is 18.9 Å². The molecule has 2 fully saturated rings. The molecule has 1 aliphatic heterocycles. The van der Waals surface area contributed by atoms with Crippen molar-refractivity contribution in [2.24, 2.45) is 5.41 Å². The smallest absolute Gasteiger partial charge is 0.147 e. The molecule has 0 radical (unpaired) electrons. The van der Waals surface area contributed by atoms with Gasteiger partial charge in [-0.2, -0.15) is 0 Å². The maximum atomic E-state index is 6.26. The largest absolute Gasteiger partial charge is 0.397 e. The zero-order chi connectivity index (χ0) is 13.3. The second-order valence-corrected chi connectivity index (χ2v) is 6.53. The SMILES string of the molecule is Nc1cnc(N2CCC3(CCCCC3)CC2)c(Cl)c1. The minimum Gasteiger partial charge on any atom is -0.397 e. The van der Waals surface area contributed by atoms with Gasteiger partial charge in [0, 0.05) is 13.1 Å². The first-order chi connectivity index (χ1) is 9.19. The molecule has 19 heavy (non-hydrogen) atoms. The second kappa shape index (κ2) is 5.20. The first-order valence-electron chi connectivity index (χ1n) is 7.35. The Morgan fingerprint density at radius 1 is 1.11 bits per heavy atom. The molecule has 2 N–H and O–H groups in total. The highest BCUT2D eigenvalue weighted by Crippen LogP contribution is 2.45. The second-order valence-electron chi connectivity index (χ2n) is 6.12. The fourth-order valence-electron chi connectivity index (χ4n) is 3.67. The van der Waals surface area contributed by atoms with E-state index in [1.807, 2.05) is 0 Å². The molecule has 4 heteroatoms. The summed E-state index contributed by atoms with van der Waals surface area (Å²) >= 11 is 6.26. The maximum Gasteiger partial charge on any atom is 0.147 e. The Bertz CT molecular complexity index is 445. The van der Waals surface area contributed by atoms with Crippen LogP contribution in [0.5, 0.6) is 0 Å². The summed E-state index contributed by atoms with van der Waals surface area (Å²) in [5.74, 6) is 0.904. The van der Waals surface area contributed by atoms with Crippen molar-refractivity contribution >= 4 is 23.1 Å². The molecule has 104 valence electrons. The number of nitrogens with zero attached hydrogens (tertiary/aromatic N) is 2. The van der Waals surface area contributed by atoms with Crippen LogP contribution in [0, 0.1) is 5.41 Å². The molecule has 0 amide bonds. The quantitative estimate of drug-likeness (QED) is 0.848. The van der Waals surface area contributed by atoms with E-state index in [2.05, 4.69) is 9.88 Å². The summed E-state index contributed by atoms with van der Waals surface area (Å²) in [5, 5.41) is 0.680. The number of pyridine rings is 1. The fraction of sp³-hybridized carbons (Fsp3) is 0.667. The molecule has 3 nitrogen and oxygen atoms in total. The van der Waals surface area contributed by atoms with Gasteiger partial charge in [-0.25, -0.2) is 4.98 Å². The van der Waals surface area contributed by atoms with Crippen LogP contribution in [0.1, 0.15) is 44.9 Å². The van der Waals surface area contributed by atoms with E-state index in [-0.39, 0.29) is 0 Å². The summed E-state index contributed by atoms with van der Waals surface area (Å²) < 4.78 is 0. The molecule has 1 aromatic heterocycles. The maximum absolute atomic E-state index is 6.26. The Labute approximate surface area is 120 Å². The predicted molar refractivity (Wildman–Crippen MR) is 80.6 cm³/mol. The van der Waals surface area contributed by atoms with Crippen LogP contribution in [0.15, 0.2) is 12.3 Å². The van der Waals surface area contributed by atoms with E-state index in [1.165, 1.54) is 44.9 Å². The molecule has 0 aromatic carbocycles. The van der Waals surface area contributed by atoms with Crippen molar-refractivity contribution in [1.29, 1.82) is 0 Å². The van der Waals surface area contributed by atoms with Gasteiger partial charge in [-0.1, -0.05) is 30.9 Å². The van der Waals surface area contributed by atoms with Crippen molar-refractivity contribution in [2.75, 3.05) is 23.7 Å². The van der Waals surface area contributed by atoms with E-state index in [0.29, 0.717) is 16.1 Å². The number of rotatable bonds is 1. The minimum absolute atomic E-state index is 0.620. The minimum atomic E-state index is 0.620. The Kier molecular flexibility index (Phi) is 3.57. The number of hydrogen-bond acceptors (Lipinski definition) is 3. The number of hydrogen-bond donors (Lipinski definition) is 1. The van der Waals surface area contributed by atoms with Gasteiger partial charge in [0.1, 0.15) is 5.82 Å². The van der Waals surface area contributed by atoms with Crippen LogP contribution in [0.4, 0.5) is 11.5 Å². The van der Waals surface area contributed by atoms with Crippen LogP contribution in [0.25, 0.3) is 0 Å². The monoisotopic (exact) mass is 279 g/mol. The lowest BCUT2D eigenvalue weighted by atomic mass is 9.68. The Balaban J connectivity index is 1.69. The van der Waals surface area contributed by atoms with Crippen molar-refractivity contribution in [1.82, 2.24) is 4.98 Å². The number of anilines is 2. The number of nitrogens with two attached hydrogens (primary N) is 1. The van der Waals surface area contributed by atoms with Gasteiger partial charge < -0.3 is 10.6 Å². The molecular formula is C15H22ClN3. The number of halogens is 1. The first kappa shape index (κ1) is 13.0. The van der Waals surface area contributed by atoms with E-state index >= 15 is 0 Å². The lowest BCUT2D eigenvalue weighted by molar-refractivity contribution is 0.144. The predicted octanol–water partition coefficient (Wildman–Crippen LogP) is 3.87. The first-order valence-corrected chi connectivity index (χ1v) is 7.72. The van der Waals surface area contributed by atoms with Gasteiger partial charge in [-0.3, -0.25) is 0 Å². The van der Waals surface area contributed by atoms with E-state index in [4.69, 9.17) is 17.3 Å². The summed E-state index contributed by atoms with van der Waals surface area (Å²) in [6, 6.07) is 1.80. The summed E-state index contributed by atoms with van der Waals surface area (Å²) in [7, 11) is 0. The molecule has 1 spiro atoms. The molecule has 1 aliphatic carbocycles. The molecule has 2 heterocycles. The van der Waals surface area contributed by atoms with Crippen molar-refractivity contribution in [3.05, 3.63) is 17.3 Å². The fourth-order valence-corrected chi connectivity index (χ4v) is 3.97. The summed E-state index contributed by atoms with van der Waals surface area (Å²) in [5.41, 5.74) is 6.96. The average molecular weight is 280 g/mol. The lowest BCUT2D eigenvalue weighted by Crippen LogP contribution is -2.41. The van der Waals surface area contributed by atoms with Crippen LogP contribution in [0.3, 0.4) is 0 Å². The highest BCUT2D eigenvalue weighted by atomic mass is 35.5. The van der Waals surface area contributed by atoms with E-state index in [1.54, 1.807) is 12.3 Å². The van der Waals surface area contributed by atoms with Crippen molar-refractivity contribution in [3.8, 4) is 0 Å². The van der Waals surface area contributed by atoms with Crippen LogP contribution in [0.2, 0.25) is 5.02 Å². The van der Waals surface area contributed by atoms with Gasteiger partial charge >= 0.3 is 0 Å². The molecule has 0 atom stereocenters. The zero-order valence-electron chi connectivity index (χ0n) is 11.4. The van der Waals surface area contributed by atoms with Crippen LogP contribution in [-0.2, 0) is 0 Å². The topological polar surface area (TPSA) is 42.1 Å². The Morgan fingerprint density at radius 3 is 2.42 bits per heavy atom. The number of aromatic nitrogens is 1. The van der Waals surface area contributed by atoms with Crippen LogP contribution in [-0.4, -0.2) is 18.1 Å². The van der Waals surface area contributed by atoms with Gasteiger partial charge in [0.15, 0.2) is 0 Å². The third kappa shape index (κ3) is 2.66. The third-order valence-corrected chi connectivity index (χ3v) is 5.16. The standard InChI is InChI=1S/C15H22ClN3/c16-13-10-12(17)11-18-14(13)19-8-6-15(7-9-19)4-2-1-3-5-15/h10-11H,1-9,17H2.